The van der Waals surface area contributed by atoms with Crippen molar-refractivity contribution in [3.05, 3.63) is 64.7 Å². The molecule has 3 rings (SSSR count). The van der Waals surface area contributed by atoms with Gasteiger partial charge in [-0.1, -0.05) is 30.3 Å². The van der Waals surface area contributed by atoms with Crippen LogP contribution in [0.2, 0.25) is 0 Å². The van der Waals surface area contributed by atoms with E-state index >= 15 is 0 Å². The maximum Gasteiger partial charge on any atom is 0.120 e. The minimum atomic E-state index is 0.499. The molecule has 0 aromatic heterocycles. The number of hydrogen-bond donors (Lipinski definition) is 1. The zero-order chi connectivity index (χ0) is 14.7. The van der Waals surface area contributed by atoms with Crippen LogP contribution in [0.15, 0.2) is 42.5 Å². The highest BCUT2D eigenvalue weighted by Crippen LogP contribution is 2.32. The first-order valence-electron chi connectivity index (χ1n) is 7.75. The Bertz CT molecular complexity index is 621. The summed E-state index contributed by atoms with van der Waals surface area (Å²) < 4.78 is 5.99. The standard InChI is InChI=1S/C19H23NO/c1-14-6-3-4-7-16(14)13-21-17-10-11-18-15(12-17)8-5-9-19(18)20-2/h3-4,6-7,10-12,19-20H,5,8-9,13H2,1-2H3. The van der Waals surface area contributed by atoms with Crippen molar-refractivity contribution in [2.75, 3.05) is 7.05 Å². The highest BCUT2D eigenvalue weighted by molar-refractivity contribution is 5.39. The Hall–Kier alpha value is -1.80. The average Bonchev–Trinajstić information content (AvgIpc) is 2.53. The highest BCUT2D eigenvalue weighted by Gasteiger charge is 2.18. The van der Waals surface area contributed by atoms with Crippen molar-refractivity contribution < 1.29 is 4.74 Å². The Morgan fingerprint density at radius 1 is 1.19 bits per heavy atom. The number of hydrogen-bond acceptors (Lipinski definition) is 2. The summed E-state index contributed by atoms with van der Waals surface area (Å²) in [5, 5.41) is 3.40. The van der Waals surface area contributed by atoms with Gasteiger partial charge in [-0.15, -0.1) is 0 Å². The Kier molecular flexibility index (Phi) is 4.26. The van der Waals surface area contributed by atoms with Crippen LogP contribution >= 0.6 is 0 Å². The van der Waals surface area contributed by atoms with Crippen LogP contribution in [-0.2, 0) is 13.0 Å². The van der Waals surface area contributed by atoms with Crippen LogP contribution in [0.4, 0.5) is 0 Å². The molecule has 2 aromatic carbocycles. The molecular weight excluding hydrogens is 258 g/mol. The molecule has 0 fully saturated rings. The normalized spacial score (nSPS) is 17.3. The first-order chi connectivity index (χ1) is 10.3. The predicted molar refractivity (Wildman–Crippen MR) is 86.7 cm³/mol. The molecule has 2 nitrogen and oxygen atoms in total. The Balaban J connectivity index is 1.74. The van der Waals surface area contributed by atoms with Gasteiger partial charge >= 0.3 is 0 Å². The van der Waals surface area contributed by atoms with Gasteiger partial charge in [0.1, 0.15) is 12.4 Å². The molecule has 0 bridgehead atoms. The number of ether oxygens (including phenoxy) is 1. The quantitative estimate of drug-likeness (QED) is 0.908. The second-order valence-electron chi connectivity index (χ2n) is 5.81. The van der Waals surface area contributed by atoms with Gasteiger partial charge in [-0.25, -0.2) is 0 Å². The molecule has 21 heavy (non-hydrogen) atoms. The lowest BCUT2D eigenvalue weighted by Crippen LogP contribution is -2.21. The second-order valence-corrected chi connectivity index (χ2v) is 5.81. The lowest BCUT2D eigenvalue weighted by atomic mass is 9.87. The summed E-state index contributed by atoms with van der Waals surface area (Å²) in [4.78, 5) is 0. The van der Waals surface area contributed by atoms with Crippen LogP contribution < -0.4 is 10.1 Å². The van der Waals surface area contributed by atoms with Gasteiger partial charge in [-0.2, -0.15) is 0 Å². The van der Waals surface area contributed by atoms with Gasteiger partial charge in [0.05, 0.1) is 0 Å². The van der Waals surface area contributed by atoms with Crippen LogP contribution in [0.3, 0.4) is 0 Å². The van der Waals surface area contributed by atoms with Gasteiger partial charge in [0.25, 0.3) is 0 Å². The van der Waals surface area contributed by atoms with Crippen molar-refractivity contribution in [2.45, 2.75) is 38.8 Å². The van der Waals surface area contributed by atoms with Crippen molar-refractivity contribution in [1.82, 2.24) is 5.32 Å². The minimum Gasteiger partial charge on any atom is -0.489 e. The molecule has 1 aliphatic rings. The molecule has 0 saturated heterocycles. The van der Waals surface area contributed by atoms with Crippen molar-refractivity contribution in [1.29, 1.82) is 0 Å². The molecule has 2 heteroatoms. The molecule has 1 unspecified atom stereocenters. The molecule has 0 saturated carbocycles. The largest absolute Gasteiger partial charge is 0.489 e. The molecule has 1 atom stereocenters. The maximum absolute atomic E-state index is 5.99. The van der Waals surface area contributed by atoms with Gasteiger partial charge < -0.3 is 10.1 Å². The predicted octanol–water partition coefficient (Wildman–Crippen LogP) is 4.17. The summed E-state index contributed by atoms with van der Waals surface area (Å²) in [6.07, 6.45) is 3.64. The lowest BCUT2D eigenvalue weighted by Gasteiger charge is -2.25. The summed E-state index contributed by atoms with van der Waals surface area (Å²) in [7, 11) is 2.04. The first-order valence-corrected chi connectivity index (χ1v) is 7.75. The molecule has 0 heterocycles. The topological polar surface area (TPSA) is 21.3 Å². The van der Waals surface area contributed by atoms with Crippen LogP contribution in [-0.4, -0.2) is 7.05 Å². The van der Waals surface area contributed by atoms with Gasteiger partial charge in [-0.05, 0) is 67.6 Å². The summed E-state index contributed by atoms with van der Waals surface area (Å²) in [5.74, 6) is 0.980. The molecule has 2 aromatic rings. The summed E-state index contributed by atoms with van der Waals surface area (Å²) in [5.41, 5.74) is 5.41. The number of aryl methyl sites for hydroxylation is 2. The smallest absolute Gasteiger partial charge is 0.120 e. The van der Waals surface area contributed by atoms with E-state index in [0.717, 1.165) is 12.2 Å². The third-order valence-electron chi connectivity index (χ3n) is 4.43. The van der Waals surface area contributed by atoms with Crippen LogP contribution in [0.25, 0.3) is 0 Å². The summed E-state index contributed by atoms with van der Waals surface area (Å²) >= 11 is 0. The van der Waals surface area contributed by atoms with Crippen molar-refractivity contribution in [3.8, 4) is 5.75 Å². The third kappa shape index (κ3) is 3.11. The van der Waals surface area contributed by atoms with E-state index in [0.29, 0.717) is 12.6 Å². The van der Waals surface area contributed by atoms with E-state index in [-0.39, 0.29) is 0 Å². The van der Waals surface area contributed by atoms with Gasteiger partial charge in [0, 0.05) is 6.04 Å². The lowest BCUT2D eigenvalue weighted by molar-refractivity contribution is 0.304. The fourth-order valence-electron chi connectivity index (χ4n) is 3.11. The maximum atomic E-state index is 5.99. The number of benzene rings is 2. The Morgan fingerprint density at radius 3 is 2.86 bits per heavy atom. The van der Waals surface area contributed by atoms with E-state index in [1.807, 2.05) is 7.05 Å². The van der Waals surface area contributed by atoms with Gasteiger partial charge in [0.15, 0.2) is 0 Å². The summed E-state index contributed by atoms with van der Waals surface area (Å²) in [6.45, 7) is 2.77. The first kappa shape index (κ1) is 14.2. The van der Waals surface area contributed by atoms with Crippen LogP contribution in [0.1, 0.15) is 41.1 Å². The molecular formula is C19H23NO. The van der Waals surface area contributed by atoms with E-state index in [1.165, 1.54) is 35.1 Å². The van der Waals surface area contributed by atoms with Crippen molar-refractivity contribution in [3.63, 3.8) is 0 Å². The third-order valence-corrected chi connectivity index (χ3v) is 4.43. The molecule has 0 amide bonds. The Morgan fingerprint density at radius 2 is 2.05 bits per heavy atom. The van der Waals surface area contributed by atoms with E-state index in [2.05, 4.69) is 54.7 Å². The number of fused-ring (bicyclic) bond motifs is 1. The second kappa shape index (κ2) is 6.31. The molecule has 0 aliphatic heterocycles. The molecule has 0 spiro atoms. The van der Waals surface area contributed by atoms with E-state index in [9.17, 15) is 0 Å². The van der Waals surface area contributed by atoms with E-state index < -0.39 is 0 Å². The number of rotatable bonds is 4. The minimum absolute atomic E-state index is 0.499. The van der Waals surface area contributed by atoms with E-state index in [4.69, 9.17) is 4.74 Å². The van der Waals surface area contributed by atoms with Crippen LogP contribution in [0, 0.1) is 6.92 Å². The monoisotopic (exact) mass is 281 g/mol. The zero-order valence-corrected chi connectivity index (χ0v) is 12.9. The van der Waals surface area contributed by atoms with Gasteiger partial charge in [0.2, 0.25) is 0 Å². The molecule has 110 valence electrons. The fraction of sp³-hybridized carbons (Fsp3) is 0.368. The fourth-order valence-corrected chi connectivity index (χ4v) is 3.11. The van der Waals surface area contributed by atoms with E-state index in [1.54, 1.807) is 0 Å². The Labute approximate surface area is 127 Å². The van der Waals surface area contributed by atoms with Crippen LogP contribution in [0.5, 0.6) is 5.75 Å². The summed E-state index contributed by atoms with van der Waals surface area (Å²) in [6, 6.07) is 15.4. The highest BCUT2D eigenvalue weighted by atomic mass is 16.5. The van der Waals surface area contributed by atoms with Gasteiger partial charge in [-0.3, -0.25) is 0 Å². The molecule has 1 aliphatic carbocycles. The number of nitrogens with one attached hydrogen (secondary N) is 1. The average molecular weight is 281 g/mol. The van der Waals surface area contributed by atoms with Crippen molar-refractivity contribution >= 4 is 0 Å². The SMILES string of the molecule is CNC1CCCc2cc(OCc3ccccc3C)ccc21. The molecule has 0 radical (unpaired) electrons. The van der Waals surface area contributed by atoms with Crippen molar-refractivity contribution in [2.24, 2.45) is 0 Å². The molecule has 1 N–H and O–H groups in total. The zero-order valence-electron chi connectivity index (χ0n) is 12.9.